The van der Waals surface area contributed by atoms with Gasteiger partial charge in [0.15, 0.2) is 11.7 Å². The molecule has 0 fully saturated rings. The van der Waals surface area contributed by atoms with E-state index in [4.69, 9.17) is 15.0 Å². The van der Waals surface area contributed by atoms with Crippen LogP contribution in [0.25, 0.3) is 22.2 Å². The topological polar surface area (TPSA) is 144 Å². The second-order valence-corrected chi connectivity index (χ2v) is 10.9. The first-order chi connectivity index (χ1) is 19.0. The maximum absolute atomic E-state index is 12.7. The van der Waals surface area contributed by atoms with E-state index < -0.39 is 29.5 Å². The van der Waals surface area contributed by atoms with Crippen molar-refractivity contribution < 1.29 is 24.0 Å². The predicted octanol–water partition coefficient (Wildman–Crippen LogP) is 5.99. The highest BCUT2D eigenvalue weighted by Gasteiger charge is 2.34. The van der Waals surface area contributed by atoms with Gasteiger partial charge in [-0.2, -0.15) is 5.26 Å². The van der Waals surface area contributed by atoms with Crippen molar-refractivity contribution >= 4 is 22.8 Å². The molecule has 0 saturated carbocycles. The fourth-order valence-electron chi connectivity index (χ4n) is 4.86. The first kappa shape index (κ1) is 28.6. The summed E-state index contributed by atoms with van der Waals surface area (Å²) in [5.41, 5.74) is 9.35. The molecular formula is C31H34N4O5. The van der Waals surface area contributed by atoms with Crippen LogP contribution >= 0.6 is 0 Å². The molecule has 3 atom stereocenters. The van der Waals surface area contributed by atoms with Gasteiger partial charge < -0.3 is 24.7 Å². The van der Waals surface area contributed by atoms with E-state index in [0.717, 1.165) is 34.9 Å². The zero-order valence-electron chi connectivity index (χ0n) is 23.1. The molecule has 2 heterocycles. The Morgan fingerprint density at radius 2 is 1.93 bits per heavy atom. The largest absolute Gasteiger partial charge is 0.481 e. The van der Waals surface area contributed by atoms with Crippen molar-refractivity contribution in [3.05, 3.63) is 77.7 Å². The number of carboxylic acid groups (broad SMARTS) is 1. The Morgan fingerprint density at radius 3 is 2.60 bits per heavy atom. The van der Waals surface area contributed by atoms with Gasteiger partial charge in [-0.05, 0) is 57.4 Å². The van der Waals surface area contributed by atoms with Crippen molar-refractivity contribution in [3.8, 4) is 17.3 Å². The Hall–Kier alpha value is -4.42. The van der Waals surface area contributed by atoms with Crippen LogP contribution in [0.4, 0.5) is 0 Å². The molecule has 0 aliphatic heterocycles. The van der Waals surface area contributed by atoms with Crippen molar-refractivity contribution in [2.75, 3.05) is 0 Å². The third-order valence-electron chi connectivity index (χ3n) is 6.69. The summed E-state index contributed by atoms with van der Waals surface area (Å²) in [4.78, 5) is 24.7. The summed E-state index contributed by atoms with van der Waals surface area (Å²) in [6.45, 7) is 7.17. The Morgan fingerprint density at radius 1 is 1.18 bits per heavy atom. The highest BCUT2D eigenvalue weighted by Crippen LogP contribution is 2.36. The molecule has 0 saturated heterocycles. The zero-order valence-corrected chi connectivity index (χ0v) is 23.1. The zero-order chi connectivity index (χ0) is 29.0. The minimum absolute atomic E-state index is 0.113. The van der Waals surface area contributed by atoms with Crippen LogP contribution in [0, 0.1) is 17.2 Å². The molecule has 0 spiro atoms. The van der Waals surface area contributed by atoms with Gasteiger partial charge in [-0.25, -0.2) is 0 Å². The van der Waals surface area contributed by atoms with E-state index in [0.29, 0.717) is 17.0 Å². The highest BCUT2D eigenvalue weighted by atomic mass is 16.6. The van der Waals surface area contributed by atoms with Gasteiger partial charge in [-0.15, -0.1) is 0 Å². The lowest BCUT2D eigenvalue weighted by molar-refractivity contribution is -0.167. The van der Waals surface area contributed by atoms with E-state index in [2.05, 4.69) is 22.7 Å². The predicted molar refractivity (Wildman–Crippen MR) is 150 cm³/mol. The lowest BCUT2D eigenvalue weighted by Gasteiger charge is -2.23. The van der Waals surface area contributed by atoms with Gasteiger partial charge >= 0.3 is 11.9 Å². The molecule has 3 unspecified atom stereocenters. The summed E-state index contributed by atoms with van der Waals surface area (Å²) in [7, 11) is 0. The number of carbonyl (C=O) groups is 2. The van der Waals surface area contributed by atoms with Gasteiger partial charge in [0.25, 0.3) is 0 Å². The Bertz CT molecular complexity index is 1560. The molecule has 2 aromatic carbocycles. The van der Waals surface area contributed by atoms with Gasteiger partial charge in [0, 0.05) is 34.8 Å². The molecule has 2 aromatic heterocycles. The quantitative estimate of drug-likeness (QED) is 0.184. The van der Waals surface area contributed by atoms with Crippen LogP contribution in [-0.2, 0) is 14.3 Å². The van der Waals surface area contributed by atoms with Crippen LogP contribution in [0.1, 0.15) is 75.9 Å². The number of aromatic nitrogens is 2. The third-order valence-corrected chi connectivity index (χ3v) is 6.69. The van der Waals surface area contributed by atoms with E-state index in [1.54, 1.807) is 39.0 Å². The number of benzene rings is 2. The van der Waals surface area contributed by atoms with Crippen LogP contribution in [0.5, 0.6) is 0 Å². The summed E-state index contributed by atoms with van der Waals surface area (Å²) in [5.74, 6) is -2.83. The number of nitriles is 1. The number of carbonyl (C=O) groups excluding carboxylic acids is 1. The van der Waals surface area contributed by atoms with Crippen molar-refractivity contribution in [2.24, 2.45) is 11.7 Å². The molecule has 0 radical (unpaired) electrons. The summed E-state index contributed by atoms with van der Waals surface area (Å²) >= 11 is 0. The van der Waals surface area contributed by atoms with E-state index >= 15 is 0 Å². The van der Waals surface area contributed by atoms with Crippen LogP contribution < -0.4 is 5.73 Å². The van der Waals surface area contributed by atoms with Crippen molar-refractivity contribution in [1.29, 1.82) is 5.26 Å². The first-order valence-electron chi connectivity index (χ1n) is 13.3. The lowest BCUT2D eigenvalue weighted by Crippen LogP contribution is -2.34. The number of nitrogens with zero attached hydrogens (tertiary/aromatic N) is 3. The molecule has 4 aromatic rings. The second kappa shape index (κ2) is 11.8. The van der Waals surface area contributed by atoms with Crippen molar-refractivity contribution in [3.63, 3.8) is 0 Å². The van der Waals surface area contributed by atoms with Crippen molar-refractivity contribution in [1.82, 2.24) is 9.72 Å². The standard InChI is InChI=1S/C31H34N4O5/c1-5-9-27(28-16-25(34-40-28)20-11-8-10-19(14-20)17-32)35-18-23(21-12-6-7-13-26(21)35)24(33)15-22(29(36)37)30(38)39-31(2,3)4/h6-8,10-14,16,18,22,24,27H,5,9,15,33H2,1-4H3,(H,36,37). The normalized spacial score (nSPS) is 13.9. The number of aliphatic carboxylic acids is 1. The van der Waals surface area contributed by atoms with E-state index in [9.17, 15) is 20.0 Å². The average molecular weight is 543 g/mol. The minimum Gasteiger partial charge on any atom is -0.481 e. The number of para-hydroxylation sites is 1. The molecule has 4 rings (SSSR count). The van der Waals surface area contributed by atoms with E-state index in [-0.39, 0.29) is 12.5 Å². The fourth-order valence-corrected chi connectivity index (χ4v) is 4.86. The molecular weight excluding hydrogens is 508 g/mol. The fraction of sp³-hybridized carbons (Fsp3) is 0.355. The summed E-state index contributed by atoms with van der Waals surface area (Å²) in [5, 5.41) is 24.2. The molecule has 0 aliphatic rings. The van der Waals surface area contributed by atoms with Crippen LogP contribution in [0.2, 0.25) is 0 Å². The van der Waals surface area contributed by atoms with Gasteiger partial charge in [0.1, 0.15) is 11.3 Å². The molecule has 0 aliphatic carbocycles. The van der Waals surface area contributed by atoms with Crippen LogP contribution in [0.3, 0.4) is 0 Å². The molecule has 3 N–H and O–H groups in total. The van der Waals surface area contributed by atoms with Gasteiger partial charge in [-0.1, -0.05) is 48.8 Å². The number of rotatable bonds is 10. The Labute approximate surface area is 233 Å². The van der Waals surface area contributed by atoms with Gasteiger partial charge in [0.05, 0.1) is 17.7 Å². The van der Waals surface area contributed by atoms with Crippen LogP contribution in [-0.4, -0.2) is 32.4 Å². The maximum Gasteiger partial charge on any atom is 0.320 e. The number of hydrogen-bond acceptors (Lipinski definition) is 7. The molecule has 0 bridgehead atoms. The summed E-state index contributed by atoms with van der Waals surface area (Å²) < 4.78 is 13.3. The number of nitrogens with two attached hydrogens (primary N) is 1. The van der Waals surface area contributed by atoms with Crippen LogP contribution in [0.15, 0.2) is 65.3 Å². The molecule has 9 nitrogen and oxygen atoms in total. The van der Waals surface area contributed by atoms with E-state index in [1.165, 1.54) is 0 Å². The Kier molecular flexibility index (Phi) is 8.40. The maximum atomic E-state index is 12.7. The SMILES string of the molecule is CCCC(c1cc(-c2cccc(C#N)c2)no1)n1cc(C(N)CC(C(=O)O)C(=O)OC(C)(C)C)c2ccccc21. The number of ether oxygens (including phenoxy) is 1. The smallest absolute Gasteiger partial charge is 0.320 e. The van der Waals surface area contributed by atoms with Crippen molar-refractivity contribution in [2.45, 2.75) is 64.6 Å². The molecule has 0 amide bonds. The van der Waals surface area contributed by atoms with E-state index in [1.807, 2.05) is 42.6 Å². The van der Waals surface area contributed by atoms with Gasteiger partial charge in [0.2, 0.25) is 0 Å². The lowest BCUT2D eigenvalue weighted by atomic mass is 9.95. The minimum atomic E-state index is -1.40. The number of fused-ring (bicyclic) bond motifs is 1. The second-order valence-electron chi connectivity index (χ2n) is 10.9. The summed E-state index contributed by atoms with van der Waals surface area (Å²) in [6.07, 6.45) is 3.41. The monoisotopic (exact) mass is 542 g/mol. The highest BCUT2D eigenvalue weighted by molar-refractivity contribution is 5.94. The third kappa shape index (κ3) is 6.24. The van der Waals surface area contributed by atoms with Gasteiger partial charge in [-0.3, -0.25) is 9.59 Å². The average Bonchev–Trinajstić information content (AvgIpc) is 3.55. The number of carboxylic acids is 1. The first-order valence-corrected chi connectivity index (χ1v) is 13.3. The molecule has 208 valence electrons. The number of hydrogen-bond donors (Lipinski definition) is 2. The Balaban J connectivity index is 1.71. The molecule has 9 heteroatoms. The molecule has 40 heavy (non-hydrogen) atoms. The number of esters is 1. The summed E-state index contributed by atoms with van der Waals surface area (Å²) in [6, 6.07) is 18.0.